The molecule has 0 radical (unpaired) electrons. The predicted octanol–water partition coefficient (Wildman–Crippen LogP) is 3.46. The third-order valence-corrected chi connectivity index (χ3v) is 8.49. The molecule has 9 nitrogen and oxygen atoms in total. The Balaban J connectivity index is 1.43. The predicted molar refractivity (Wildman–Crippen MR) is 141 cm³/mol. The van der Waals surface area contributed by atoms with E-state index in [0.717, 1.165) is 80.0 Å². The molecule has 0 saturated carbocycles. The number of halogens is 2. The first kappa shape index (κ1) is 25.1. The highest BCUT2D eigenvalue weighted by atomic mass is 19.3. The maximum absolute atomic E-state index is 14.5. The van der Waals surface area contributed by atoms with E-state index in [9.17, 15) is 13.6 Å². The Morgan fingerprint density at radius 3 is 2.74 bits per heavy atom. The number of hydrogen-bond acceptors (Lipinski definition) is 5. The van der Waals surface area contributed by atoms with Crippen molar-refractivity contribution in [1.82, 2.24) is 35.1 Å². The highest BCUT2D eigenvalue weighted by Crippen LogP contribution is 2.45. The number of alkyl halides is 2. The van der Waals surface area contributed by atoms with Crippen LogP contribution in [0.1, 0.15) is 55.0 Å². The first-order valence-electron chi connectivity index (χ1n) is 13.7. The first-order chi connectivity index (χ1) is 18.4. The molecule has 1 unspecified atom stereocenters. The van der Waals surface area contributed by atoms with Gasteiger partial charge in [-0.15, -0.1) is 0 Å². The van der Waals surface area contributed by atoms with Crippen LogP contribution in [0.15, 0.2) is 29.7 Å². The molecule has 2 aromatic rings. The number of piperidine rings is 1. The number of hydrogen-bond donors (Lipinski definition) is 2. The van der Waals surface area contributed by atoms with E-state index >= 15 is 0 Å². The van der Waals surface area contributed by atoms with E-state index in [1.807, 2.05) is 17.2 Å². The van der Waals surface area contributed by atoms with Gasteiger partial charge in [-0.3, -0.25) is 9.36 Å². The number of allylic oxidation sites excluding steroid dienone is 4. The normalized spacial score (nSPS) is 22.4. The third kappa shape index (κ3) is 4.40. The Kier molecular flexibility index (Phi) is 6.71. The van der Waals surface area contributed by atoms with Crippen molar-refractivity contribution in [2.24, 2.45) is 13.0 Å². The summed E-state index contributed by atoms with van der Waals surface area (Å²) in [5.41, 5.74) is 5.73. The van der Waals surface area contributed by atoms with Gasteiger partial charge in [-0.1, -0.05) is 6.08 Å². The number of fused-ring (bicyclic) bond motifs is 1. The molecule has 38 heavy (non-hydrogen) atoms. The average Bonchev–Trinajstić information content (AvgIpc) is 3.55. The van der Waals surface area contributed by atoms with E-state index in [4.69, 9.17) is 5.10 Å². The van der Waals surface area contributed by atoms with Crippen LogP contribution < -0.4 is 15.5 Å². The van der Waals surface area contributed by atoms with Crippen LogP contribution in [0.4, 0.5) is 19.4 Å². The second-order valence-electron chi connectivity index (χ2n) is 10.8. The number of rotatable bonds is 4. The quantitative estimate of drug-likeness (QED) is 0.638. The first-order valence-corrected chi connectivity index (χ1v) is 13.7. The summed E-state index contributed by atoms with van der Waals surface area (Å²) in [6.07, 6.45) is 7.78. The van der Waals surface area contributed by atoms with Gasteiger partial charge in [0.25, 0.3) is 0 Å². The summed E-state index contributed by atoms with van der Waals surface area (Å²) in [6.45, 7) is 3.76. The summed E-state index contributed by atoms with van der Waals surface area (Å²) in [6, 6.07) is 0.204. The van der Waals surface area contributed by atoms with Crippen molar-refractivity contribution in [3.8, 4) is 0 Å². The van der Waals surface area contributed by atoms with Crippen molar-refractivity contribution in [3.63, 3.8) is 0 Å². The lowest BCUT2D eigenvalue weighted by atomic mass is 9.81. The van der Waals surface area contributed by atoms with E-state index < -0.39 is 12.3 Å². The summed E-state index contributed by atoms with van der Waals surface area (Å²) in [5.74, 6) is -0.0613. The highest BCUT2D eigenvalue weighted by molar-refractivity contribution is 5.76. The Morgan fingerprint density at radius 2 is 2.03 bits per heavy atom. The second-order valence-corrected chi connectivity index (χ2v) is 10.8. The van der Waals surface area contributed by atoms with Gasteiger partial charge in [-0.2, -0.15) is 10.2 Å². The lowest BCUT2D eigenvalue weighted by molar-refractivity contribution is 0.103. The van der Waals surface area contributed by atoms with Gasteiger partial charge in [0.1, 0.15) is 0 Å². The minimum Gasteiger partial charge on any atom is -0.341 e. The molecule has 0 spiro atoms. The molecule has 3 aliphatic heterocycles. The molecule has 1 saturated heterocycles. The largest absolute Gasteiger partial charge is 0.341 e. The van der Waals surface area contributed by atoms with Crippen LogP contribution in [0.25, 0.3) is 5.57 Å². The number of nitrogens with one attached hydrogen (secondary N) is 2. The van der Waals surface area contributed by atoms with Crippen molar-refractivity contribution in [2.75, 3.05) is 38.1 Å². The van der Waals surface area contributed by atoms with Crippen molar-refractivity contribution < 1.29 is 13.6 Å². The van der Waals surface area contributed by atoms with Gasteiger partial charge in [-0.25, -0.2) is 13.6 Å². The van der Waals surface area contributed by atoms with Crippen LogP contribution in [0.2, 0.25) is 0 Å². The minimum atomic E-state index is -2.48. The number of nitrogens with zero attached hydrogens (tertiary/aromatic N) is 6. The van der Waals surface area contributed by atoms with E-state index in [0.29, 0.717) is 24.7 Å². The van der Waals surface area contributed by atoms with Crippen LogP contribution in [-0.4, -0.2) is 70.1 Å². The summed E-state index contributed by atoms with van der Waals surface area (Å²) < 4.78 is 32.8. The Bertz CT molecular complexity index is 1270. The molecule has 2 N–H and O–H groups in total. The molecule has 1 aliphatic carbocycles. The molecule has 5 heterocycles. The van der Waals surface area contributed by atoms with Crippen LogP contribution in [0, 0.1) is 5.92 Å². The number of amides is 2. The maximum Gasteiger partial charge on any atom is 0.317 e. The molecular weight excluding hydrogens is 490 g/mol. The smallest absolute Gasteiger partial charge is 0.317 e. The average molecular weight is 527 g/mol. The number of aryl methyl sites for hydroxylation is 1. The number of anilines is 1. The molecule has 11 heteroatoms. The number of carbonyl (C=O) groups is 1. The fourth-order valence-corrected chi connectivity index (χ4v) is 6.55. The minimum absolute atomic E-state index is 0.103. The summed E-state index contributed by atoms with van der Waals surface area (Å²) in [4.78, 5) is 16.6. The van der Waals surface area contributed by atoms with Gasteiger partial charge >= 0.3 is 6.03 Å². The summed E-state index contributed by atoms with van der Waals surface area (Å²) >= 11 is 0. The van der Waals surface area contributed by atoms with Gasteiger partial charge in [0, 0.05) is 68.7 Å². The lowest BCUT2D eigenvalue weighted by Crippen LogP contribution is -2.42. The van der Waals surface area contributed by atoms with Gasteiger partial charge < -0.3 is 20.4 Å². The third-order valence-electron chi connectivity index (χ3n) is 8.49. The number of carbonyl (C=O) groups excluding carboxylic acids is 1. The molecule has 1 fully saturated rings. The molecule has 0 aromatic carbocycles. The van der Waals surface area contributed by atoms with Crippen molar-refractivity contribution in [1.29, 1.82) is 0 Å². The Hall–Kier alpha value is -3.21. The molecular formula is C27H36F2N8O. The monoisotopic (exact) mass is 526 g/mol. The standard InChI is InChI=1S/C27H36F2N8O/c1-30-27(38)35-11-7-23-22(16-35)26(33-37(23)19-5-8-31-9-6-19)36-10-3-4-17-12-20(18-14-32-34(2)15-18)21(25(28)29)13-24(17)36/h12,14-15,19,21,25,31H,3-11,13,16H2,1-2H3,(H,30,38). The molecule has 204 valence electrons. The zero-order chi connectivity index (χ0) is 26.4. The van der Waals surface area contributed by atoms with Crippen molar-refractivity contribution in [2.45, 2.75) is 57.5 Å². The molecule has 6 rings (SSSR count). The number of urea groups is 1. The maximum atomic E-state index is 14.5. The van der Waals surface area contributed by atoms with E-state index in [-0.39, 0.29) is 12.5 Å². The zero-order valence-corrected chi connectivity index (χ0v) is 22.1. The van der Waals surface area contributed by atoms with E-state index in [1.165, 1.54) is 5.69 Å². The number of aromatic nitrogens is 4. The zero-order valence-electron chi connectivity index (χ0n) is 22.1. The van der Waals surface area contributed by atoms with Gasteiger partial charge in [-0.05, 0) is 49.9 Å². The Morgan fingerprint density at radius 1 is 1.21 bits per heavy atom. The molecule has 1 atom stereocenters. The summed E-state index contributed by atoms with van der Waals surface area (Å²) in [7, 11) is 3.46. The summed E-state index contributed by atoms with van der Waals surface area (Å²) in [5, 5.41) is 15.6. The van der Waals surface area contributed by atoms with Crippen LogP contribution in [0.5, 0.6) is 0 Å². The Labute approximate surface area is 221 Å². The van der Waals surface area contributed by atoms with Crippen LogP contribution in [0.3, 0.4) is 0 Å². The molecule has 2 aromatic heterocycles. The van der Waals surface area contributed by atoms with E-state index in [1.54, 1.807) is 25.0 Å². The lowest BCUT2D eigenvalue weighted by Gasteiger charge is -2.38. The molecule has 0 bridgehead atoms. The van der Waals surface area contributed by atoms with Crippen LogP contribution >= 0.6 is 0 Å². The van der Waals surface area contributed by atoms with Crippen molar-refractivity contribution in [3.05, 3.63) is 46.6 Å². The van der Waals surface area contributed by atoms with Gasteiger partial charge in [0.15, 0.2) is 5.82 Å². The topological polar surface area (TPSA) is 83.2 Å². The van der Waals surface area contributed by atoms with Gasteiger partial charge in [0.2, 0.25) is 6.43 Å². The highest BCUT2D eigenvalue weighted by Gasteiger charge is 2.38. The van der Waals surface area contributed by atoms with Crippen molar-refractivity contribution >= 4 is 17.4 Å². The molecule has 4 aliphatic rings. The molecule has 2 amide bonds. The SMILES string of the molecule is CNC(=O)N1CCc2c(c(N3CCCC4=C3CC(C(F)F)C(c3cnn(C)c3)=C4)nn2C2CCNCC2)C1. The van der Waals surface area contributed by atoms with E-state index in [2.05, 4.69) is 25.3 Å². The van der Waals surface area contributed by atoms with Gasteiger partial charge in [0.05, 0.1) is 24.7 Å². The second kappa shape index (κ2) is 10.2. The van der Waals surface area contributed by atoms with Crippen LogP contribution in [-0.2, 0) is 20.0 Å². The fourth-order valence-electron chi connectivity index (χ4n) is 6.55. The fraction of sp³-hybridized carbons (Fsp3) is 0.593.